The highest BCUT2D eigenvalue weighted by molar-refractivity contribution is 5.94. The fourth-order valence-corrected chi connectivity index (χ4v) is 4.99. The molecule has 0 saturated carbocycles. The number of rotatable bonds is 6. The summed E-state index contributed by atoms with van der Waals surface area (Å²) in [5, 5.41) is 5.76. The van der Waals surface area contributed by atoms with Crippen molar-refractivity contribution in [3.05, 3.63) is 35.9 Å². The maximum atomic E-state index is 13.8. The highest BCUT2D eigenvalue weighted by Gasteiger charge is 2.44. The van der Waals surface area contributed by atoms with Gasteiger partial charge in [0.25, 0.3) is 0 Å². The number of carbonyl (C=O) groups excluding carboxylic acids is 4. The fraction of sp³-hybridized carbons (Fsp3) is 0.586. The number of nitrogens with zero attached hydrogens (tertiary/aromatic N) is 2. The summed E-state index contributed by atoms with van der Waals surface area (Å²) in [4.78, 5) is 55.5. The summed E-state index contributed by atoms with van der Waals surface area (Å²) in [5.74, 6) is 1.60. The highest BCUT2D eigenvalue weighted by Crippen LogP contribution is 2.32. The Morgan fingerprint density at radius 2 is 1.76 bits per heavy atom. The van der Waals surface area contributed by atoms with Crippen LogP contribution >= 0.6 is 0 Å². The van der Waals surface area contributed by atoms with Crippen LogP contribution in [0, 0.1) is 12.3 Å². The zero-order valence-corrected chi connectivity index (χ0v) is 23.0. The van der Waals surface area contributed by atoms with E-state index in [1.54, 1.807) is 32.6 Å². The third kappa shape index (κ3) is 7.06. The van der Waals surface area contributed by atoms with Crippen LogP contribution in [-0.4, -0.2) is 70.4 Å². The minimum absolute atomic E-state index is 0.0687. The lowest BCUT2D eigenvalue weighted by atomic mass is 9.98. The molecule has 1 aromatic carbocycles. The number of ether oxygens (including phenoxy) is 1. The summed E-state index contributed by atoms with van der Waals surface area (Å²) in [6.07, 6.45) is 9.28. The first-order chi connectivity index (χ1) is 17.9. The molecule has 2 fully saturated rings. The van der Waals surface area contributed by atoms with Crippen LogP contribution in [0.2, 0.25) is 0 Å². The van der Waals surface area contributed by atoms with Gasteiger partial charge in [0.1, 0.15) is 29.8 Å². The van der Waals surface area contributed by atoms with E-state index in [9.17, 15) is 19.2 Å². The molecule has 9 heteroatoms. The monoisotopic (exact) mass is 524 g/mol. The molecule has 2 heterocycles. The summed E-state index contributed by atoms with van der Waals surface area (Å²) >= 11 is 0. The van der Waals surface area contributed by atoms with Gasteiger partial charge in [-0.05, 0) is 58.9 Å². The van der Waals surface area contributed by atoms with E-state index in [0.29, 0.717) is 19.3 Å². The molecule has 9 nitrogen and oxygen atoms in total. The SMILES string of the molecule is C#CC(NC(=O)[C@@H]1CC[C@@H]2CCCC[C@H](NC(=O)[C@H](C)N(C)C(=O)OC(C)(C)C)C(=O)N21)c1ccccc1. The van der Waals surface area contributed by atoms with E-state index in [2.05, 4.69) is 16.6 Å². The Kier molecular flexibility index (Phi) is 9.42. The molecule has 2 N–H and O–H groups in total. The lowest BCUT2D eigenvalue weighted by Crippen LogP contribution is -2.58. The van der Waals surface area contributed by atoms with Crippen LogP contribution in [0.4, 0.5) is 4.79 Å². The van der Waals surface area contributed by atoms with E-state index in [0.717, 1.165) is 24.8 Å². The molecule has 1 aromatic rings. The van der Waals surface area contributed by atoms with Crippen LogP contribution in [0.15, 0.2) is 30.3 Å². The topological polar surface area (TPSA) is 108 Å². The molecule has 2 aliphatic rings. The number of carbonyl (C=O) groups is 4. The second-order valence-electron chi connectivity index (χ2n) is 11.1. The quantitative estimate of drug-likeness (QED) is 0.556. The number of fused-ring (bicyclic) bond motifs is 1. The van der Waals surface area contributed by atoms with Gasteiger partial charge in [0.05, 0.1) is 0 Å². The van der Waals surface area contributed by atoms with Crippen molar-refractivity contribution in [1.82, 2.24) is 20.4 Å². The van der Waals surface area contributed by atoms with Gasteiger partial charge in [0, 0.05) is 13.1 Å². The van der Waals surface area contributed by atoms with E-state index in [-0.39, 0.29) is 17.9 Å². The summed E-state index contributed by atoms with van der Waals surface area (Å²) in [7, 11) is 1.49. The molecule has 5 atom stereocenters. The van der Waals surface area contributed by atoms with Gasteiger partial charge in [0.15, 0.2) is 0 Å². The van der Waals surface area contributed by atoms with Crippen LogP contribution in [0.3, 0.4) is 0 Å². The molecule has 0 bridgehead atoms. The average Bonchev–Trinajstić information content (AvgIpc) is 3.29. The van der Waals surface area contributed by atoms with Crippen LogP contribution in [0.5, 0.6) is 0 Å². The summed E-state index contributed by atoms with van der Waals surface area (Å²) in [5.41, 5.74) is 0.0983. The standard InChI is InChI=1S/C29H40N4O5/c1-7-22(20-13-9-8-10-14-20)30-26(35)24-18-17-21-15-11-12-16-23(27(36)33(21)24)31-25(34)19(2)32(6)28(37)38-29(3,4)5/h1,8-10,13-14,19,21-24H,11-12,15-18H2,2-6H3,(H,30,35)(H,31,34)/t19-,21-,22?,23-,24-/m0/s1. The second kappa shape index (κ2) is 12.3. The van der Waals surface area contributed by atoms with E-state index in [1.807, 2.05) is 30.3 Å². The van der Waals surface area contributed by atoms with Crippen molar-refractivity contribution in [2.75, 3.05) is 7.05 Å². The summed E-state index contributed by atoms with van der Waals surface area (Å²) in [6.45, 7) is 6.84. The van der Waals surface area contributed by atoms with Crippen LogP contribution in [0.25, 0.3) is 0 Å². The Hall–Kier alpha value is -3.54. The molecular formula is C29H40N4O5. The number of hydrogen-bond donors (Lipinski definition) is 2. The predicted octanol–water partition coefficient (Wildman–Crippen LogP) is 3.15. The number of terminal acetylenes is 1. The number of benzene rings is 1. The molecule has 0 radical (unpaired) electrons. The van der Waals surface area contributed by atoms with Gasteiger partial charge in [-0.2, -0.15) is 0 Å². The first-order valence-corrected chi connectivity index (χ1v) is 13.3. The Labute approximate surface area is 225 Å². The first kappa shape index (κ1) is 29.0. The smallest absolute Gasteiger partial charge is 0.410 e. The van der Waals surface area contributed by atoms with E-state index >= 15 is 0 Å². The van der Waals surface area contributed by atoms with E-state index < -0.39 is 41.8 Å². The average molecular weight is 525 g/mol. The molecule has 3 rings (SSSR count). The Morgan fingerprint density at radius 1 is 1.11 bits per heavy atom. The third-order valence-corrected chi connectivity index (χ3v) is 7.18. The van der Waals surface area contributed by atoms with Gasteiger partial charge < -0.3 is 20.3 Å². The largest absolute Gasteiger partial charge is 0.444 e. The number of likely N-dealkylation sites (N-methyl/N-ethyl adjacent to an activating group) is 1. The normalized spacial score (nSPS) is 23.1. The Bertz CT molecular complexity index is 1060. The molecule has 0 spiro atoms. The highest BCUT2D eigenvalue weighted by atomic mass is 16.6. The lowest BCUT2D eigenvalue weighted by molar-refractivity contribution is -0.144. The first-order valence-electron chi connectivity index (χ1n) is 13.3. The third-order valence-electron chi connectivity index (χ3n) is 7.18. The van der Waals surface area contributed by atoms with Gasteiger partial charge in [-0.25, -0.2) is 4.79 Å². The molecule has 0 aliphatic carbocycles. The predicted molar refractivity (Wildman–Crippen MR) is 144 cm³/mol. The van der Waals surface area contributed by atoms with Crippen LogP contribution in [0.1, 0.15) is 77.8 Å². The molecule has 2 aliphatic heterocycles. The van der Waals surface area contributed by atoms with Crippen molar-refractivity contribution in [1.29, 1.82) is 0 Å². The summed E-state index contributed by atoms with van der Waals surface area (Å²) in [6, 6.07) is 6.32. The van der Waals surface area contributed by atoms with Crippen molar-refractivity contribution in [3.8, 4) is 12.3 Å². The molecule has 206 valence electrons. The molecule has 38 heavy (non-hydrogen) atoms. The van der Waals surface area contributed by atoms with Crippen molar-refractivity contribution >= 4 is 23.8 Å². The second-order valence-corrected chi connectivity index (χ2v) is 11.1. The zero-order valence-electron chi connectivity index (χ0n) is 23.0. The van der Waals surface area contributed by atoms with E-state index in [4.69, 9.17) is 11.2 Å². The van der Waals surface area contributed by atoms with Crippen molar-refractivity contribution in [3.63, 3.8) is 0 Å². The zero-order chi connectivity index (χ0) is 28.0. The Morgan fingerprint density at radius 3 is 2.39 bits per heavy atom. The van der Waals surface area contributed by atoms with Crippen LogP contribution < -0.4 is 10.6 Å². The minimum atomic E-state index is -0.848. The maximum Gasteiger partial charge on any atom is 0.410 e. The molecule has 0 aromatic heterocycles. The Balaban J connectivity index is 1.71. The molecule has 1 unspecified atom stereocenters. The van der Waals surface area contributed by atoms with Gasteiger partial charge in [-0.3, -0.25) is 19.3 Å². The van der Waals surface area contributed by atoms with Gasteiger partial charge in [-0.15, -0.1) is 6.42 Å². The van der Waals surface area contributed by atoms with Crippen LogP contribution in [-0.2, 0) is 19.1 Å². The van der Waals surface area contributed by atoms with Gasteiger partial charge in [-0.1, -0.05) is 49.1 Å². The molecular weight excluding hydrogens is 484 g/mol. The minimum Gasteiger partial charge on any atom is -0.444 e. The molecule has 4 amide bonds. The number of hydrogen-bond acceptors (Lipinski definition) is 5. The maximum absolute atomic E-state index is 13.8. The number of nitrogens with one attached hydrogen (secondary N) is 2. The lowest BCUT2D eigenvalue weighted by Gasteiger charge is -2.36. The van der Waals surface area contributed by atoms with Gasteiger partial charge in [0.2, 0.25) is 17.7 Å². The van der Waals surface area contributed by atoms with Crippen molar-refractivity contribution in [2.24, 2.45) is 0 Å². The molecule has 2 saturated heterocycles. The number of amides is 4. The fourth-order valence-electron chi connectivity index (χ4n) is 4.99. The van der Waals surface area contributed by atoms with E-state index in [1.165, 1.54) is 11.9 Å². The summed E-state index contributed by atoms with van der Waals surface area (Å²) < 4.78 is 5.36. The van der Waals surface area contributed by atoms with Crippen molar-refractivity contribution in [2.45, 2.75) is 102 Å². The van der Waals surface area contributed by atoms with Crippen molar-refractivity contribution < 1.29 is 23.9 Å². The van der Waals surface area contributed by atoms with Gasteiger partial charge >= 0.3 is 6.09 Å².